The molecule has 0 aromatic carbocycles. The third-order valence-corrected chi connectivity index (χ3v) is 4.71. The van der Waals surface area contributed by atoms with E-state index in [0.717, 1.165) is 16.3 Å². The van der Waals surface area contributed by atoms with Crippen molar-refractivity contribution in [2.24, 2.45) is 5.92 Å². The first-order valence-electron chi connectivity index (χ1n) is 6.68. The van der Waals surface area contributed by atoms with E-state index in [1.54, 1.807) is 27.8 Å². The maximum atomic E-state index is 12.1. The molecule has 114 valence electrons. The third kappa shape index (κ3) is 4.09. The van der Waals surface area contributed by atoms with Gasteiger partial charge in [-0.3, -0.25) is 4.79 Å². The molecule has 0 saturated carbocycles. The molecule has 2 N–H and O–H groups in total. The van der Waals surface area contributed by atoms with Gasteiger partial charge in [0, 0.05) is 17.7 Å². The number of amides is 1. The Morgan fingerprint density at radius 1 is 1.62 bits per heavy atom. The number of hydrogen-bond acceptors (Lipinski definition) is 5. The maximum absolute atomic E-state index is 12.1. The normalized spacial score (nSPS) is 12.3. The number of carbonyl (C=O) groups is 1. The molecule has 2 heterocycles. The molecule has 5 nitrogen and oxygen atoms in total. The lowest BCUT2D eigenvalue weighted by atomic mass is 10.2. The molecule has 2 rings (SSSR count). The largest absolute Gasteiger partial charge is 0.394 e. The summed E-state index contributed by atoms with van der Waals surface area (Å²) < 4.78 is 1.64. The van der Waals surface area contributed by atoms with E-state index in [1.165, 1.54) is 0 Å². The topological polar surface area (TPSA) is 67.2 Å². The summed E-state index contributed by atoms with van der Waals surface area (Å²) >= 11 is 3.24. The lowest BCUT2D eigenvalue weighted by Crippen LogP contribution is -2.24. The third-order valence-electron chi connectivity index (χ3n) is 2.98. The monoisotopic (exact) mass is 325 g/mol. The molecule has 0 radical (unpaired) electrons. The molecule has 2 aromatic rings. The van der Waals surface area contributed by atoms with Crippen molar-refractivity contribution in [3.8, 4) is 10.6 Å². The molecule has 7 heteroatoms. The summed E-state index contributed by atoms with van der Waals surface area (Å²) in [5.74, 6) is 1.31. The SMILES string of the molecule is CSCC(C)C(=O)Nc1cc(-c2cccs2)nn1CCO. The first-order valence-corrected chi connectivity index (χ1v) is 8.95. The van der Waals surface area contributed by atoms with Crippen molar-refractivity contribution in [2.45, 2.75) is 13.5 Å². The van der Waals surface area contributed by atoms with Gasteiger partial charge < -0.3 is 10.4 Å². The van der Waals surface area contributed by atoms with Crippen LogP contribution in [0.4, 0.5) is 5.82 Å². The molecule has 0 aliphatic heterocycles. The molecule has 1 unspecified atom stereocenters. The van der Waals surface area contributed by atoms with E-state index in [9.17, 15) is 4.79 Å². The molecular weight excluding hydrogens is 306 g/mol. The second kappa shape index (κ2) is 7.63. The standard InChI is InChI=1S/C14H19N3O2S2/c1-10(9-20-2)14(19)15-13-8-11(12-4-3-7-21-12)16-17(13)5-6-18/h3-4,7-8,10,18H,5-6,9H2,1-2H3,(H,15,19). The average molecular weight is 325 g/mol. The number of anilines is 1. The minimum absolute atomic E-state index is 0.0191. The van der Waals surface area contributed by atoms with Crippen molar-refractivity contribution in [1.82, 2.24) is 9.78 Å². The first-order chi connectivity index (χ1) is 10.2. The van der Waals surface area contributed by atoms with E-state index in [-0.39, 0.29) is 18.4 Å². The maximum Gasteiger partial charge on any atom is 0.229 e. The number of thiophene rings is 1. The van der Waals surface area contributed by atoms with Crippen molar-refractivity contribution in [3.05, 3.63) is 23.6 Å². The van der Waals surface area contributed by atoms with Gasteiger partial charge in [-0.2, -0.15) is 16.9 Å². The van der Waals surface area contributed by atoms with Gasteiger partial charge in [0.25, 0.3) is 0 Å². The van der Waals surface area contributed by atoms with Gasteiger partial charge in [-0.05, 0) is 17.7 Å². The molecule has 0 bridgehead atoms. The van der Waals surface area contributed by atoms with Crippen LogP contribution in [0.25, 0.3) is 10.6 Å². The number of aromatic nitrogens is 2. The van der Waals surface area contributed by atoms with Crippen LogP contribution in [-0.4, -0.2) is 39.4 Å². The number of aliphatic hydroxyl groups excluding tert-OH is 1. The number of nitrogens with one attached hydrogen (secondary N) is 1. The van der Waals surface area contributed by atoms with Gasteiger partial charge in [0.15, 0.2) is 0 Å². The second-order valence-corrected chi connectivity index (χ2v) is 6.54. The van der Waals surface area contributed by atoms with E-state index in [4.69, 9.17) is 5.11 Å². The lowest BCUT2D eigenvalue weighted by Gasteiger charge is -2.11. The summed E-state index contributed by atoms with van der Waals surface area (Å²) in [4.78, 5) is 13.2. The fourth-order valence-electron chi connectivity index (χ4n) is 1.90. The Labute approximate surface area is 132 Å². The molecule has 0 saturated heterocycles. The summed E-state index contributed by atoms with van der Waals surface area (Å²) in [6.07, 6.45) is 1.98. The van der Waals surface area contributed by atoms with Crippen molar-refractivity contribution >= 4 is 34.8 Å². The Morgan fingerprint density at radius 3 is 3.05 bits per heavy atom. The Bertz CT molecular complexity index is 581. The Balaban J connectivity index is 2.19. The Kier molecular flexibility index (Phi) is 5.84. The van der Waals surface area contributed by atoms with Crippen molar-refractivity contribution < 1.29 is 9.90 Å². The predicted molar refractivity (Wildman–Crippen MR) is 88.8 cm³/mol. The average Bonchev–Trinajstić information content (AvgIpc) is 3.09. The minimum Gasteiger partial charge on any atom is -0.394 e. The molecule has 0 spiro atoms. The minimum atomic E-state index is -0.0670. The lowest BCUT2D eigenvalue weighted by molar-refractivity contribution is -0.118. The molecule has 0 aliphatic carbocycles. The van der Waals surface area contributed by atoms with E-state index < -0.39 is 0 Å². The van der Waals surface area contributed by atoms with Gasteiger partial charge in [0.2, 0.25) is 5.91 Å². The van der Waals surface area contributed by atoms with E-state index in [1.807, 2.05) is 36.8 Å². The number of nitrogens with zero attached hydrogens (tertiary/aromatic N) is 2. The molecule has 1 atom stereocenters. The summed E-state index contributed by atoms with van der Waals surface area (Å²) in [7, 11) is 0. The summed E-state index contributed by atoms with van der Waals surface area (Å²) in [5.41, 5.74) is 0.811. The van der Waals surface area contributed by atoms with Crippen LogP contribution in [0.15, 0.2) is 23.6 Å². The second-order valence-electron chi connectivity index (χ2n) is 4.68. The van der Waals surface area contributed by atoms with Crippen LogP contribution >= 0.6 is 23.1 Å². The van der Waals surface area contributed by atoms with Gasteiger partial charge >= 0.3 is 0 Å². The summed E-state index contributed by atoms with van der Waals surface area (Å²) in [6, 6.07) is 5.80. The number of carbonyl (C=O) groups excluding carboxylic acids is 1. The Hall–Kier alpha value is -1.31. The molecule has 0 aliphatic rings. The number of hydrogen-bond donors (Lipinski definition) is 2. The van der Waals surface area contributed by atoms with E-state index in [0.29, 0.717) is 12.4 Å². The predicted octanol–water partition coefficient (Wildman–Crippen LogP) is 2.54. The zero-order valence-electron chi connectivity index (χ0n) is 12.1. The quantitative estimate of drug-likeness (QED) is 0.821. The first kappa shape index (κ1) is 16.1. The van der Waals surface area contributed by atoms with Crippen molar-refractivity contribution in [1.29, 1.82) is 0 Å². The van der Waals surface area contributed by atoms with Crippen LogP contribution in [-0.2, 0) is 11.3 Å². The fraction of sp³-hybridized carbons (Fsp3) is 0.429. The van der Waals surface area contributed by atoms with Gasteiger partial charge in [0.1, 0.15) is 11.5 Å². The number of aliphatic hydroxyl groups is 1. The van der Waals surface area contributed by atoms with Crippen LogP contribution in [0.1, 0.15) is 6.92 Å². The van der Waals surface area contributed by atoms with Gasteiger partial charge in [-0.15, -0.1) is 11.3 Å². The van der Waals surface area contributed by atoms with Gasteiger partial charge in [-0.1, -0.05) is 13.0 Å². The molecular formula is C14H19N3O2S2. The van der Waals surface area contributed by atoms with Crippen LogP contribution in [0.3, 0.4) is 0 Å². The fourth-order valence-corrected chi connectivity index (χ4v) is 3.24. The van der Waals surface area contributed by atoms with Crippen LogP contribution in [0.5, 0.6) is 0 Å². The zero-order valence-corrected chi connectivity index (χ0v) is 13.7. The highest BCUT2D eigenvalue weighted by Crippen LogP contribution is 2.26. The van der Waals surface area contributed by atoms with Crippen molar-refractivity contribution in [2.75, 3.05) is 23.9 Å². The van der Waals surface area contributed by atoms with Crippen molar-refractivity contribution in [3.63, 3.8) is 0 Å². The van der Waals surface area contributed by atoms with Crippen LogP contribution in [0, 0.1) is 5.92 Å². The summed E-state index contributed by atoms with van der Waals surface area (Å²) in [5, 5.41) is 18.5. The molecule has 0 fully saturated rings. The van der Waals surface area contributed by atoms with Gasteiger partial charge in [0.05, 0.1) is 18.0 Å². The highest BCUT2D eigenvalue weighted by molar-refractivity contribution is 7.98. The zero-order chi connectivity index (χ0) is 15.2. The highest BCUT2D eigenvalue weighted by atomic mass is 32.2. The van der Waals surface area contributed by atoms with E-state index >= 15 is 0 Å². The number of rotatable bonds is 7. The molecule has 2 aromatic heterocycles. The smallest absolute Gasteiger partial charge is 0.229 e. The highest BCUT2D eigenvalue weighted by Gasteiger charge is 2.16. The Morgan fingerprint density at radius 2 is 2.43 bits per heavy atom. The molecule has 1 amide bonds. The van der Waals surface area contributed by atoms with E-state index in [2.05, 4.69) is 10.4 Å². The van der Waals surface area contributed by atoms with Crippen LogP contribution < -0.4 is 5.32 Å². The molecule has 21 heavy (non-hydrogen) atoms. The van der Waals surface area contributed by atoms with Gasteiger partial charge in [-0.25, -0.2) is 4.68 Å². The number of thioether (sulfide) groups is 1. The summed E-state index contributed by atoms with van der Waals surface area (Å²) in [6.45, 7) is 2.24. The van der Waals surface area contributed by atoms with Crippen LogP contribution in [0.2, 0.25) is 0 Å².